The lowest BCUT2D eigenvalue weighted by Gasteiger charge is -2.13. The van der Waals surface area contributed by atoms with Gasteiger partial charge in [-0.05, 0) is 56.3 Å². The fourth-order valence-corrected chi connectivity index (χ4v) is 2.77. The molecule has 1 N–H and O–H groups in total. The molecular weight excluding hydrogens is 367 g/mol. The van der Waals surface area contributed by atoms with Crippen molar-refractivity contribution in [3.8, 4) is 0 Å². The van der Waals surface area contributed by atoms with Gasteiger partial charge in [-0.2, -0.15) is 0 Å². The zero-order valence-electron chi connectivity index (χ0n) is 15.2. The van der Waals surface area contributed by atoms with Crippen molar-refractivity contribution in [3.05, 3.63) is 65.0 Å². The van der Waals surface area contributed by atoms with Gasteiger partial charge in [0.15, 0.2) is 6.61 Å². The molecule has 3 amide bonds. The standard InChI is InChI=1S/C20H17FN2O5/c1-11(2)22-17(24)10-28-20(27)12-3-8-15-16(9-12)19(26)23(18(15)25)14-6-4-13(21)5-7-14/h3-9,11H,10H2,1-2H3,(H,22,24). The topological polar surface area (TPSA) is 92.8 Å². The third-order valence-corrected chi connectivity index (χ3v) is 3.99. The van der Waals surface area contributed by atoms with E-state index in [2.05, 4.69) is 5.32 Å². The Morgan fingerprint density at radius 3 is 2.32 bits per heavy atom. The predicted octanol–water partition coefficient (Wildman–Crippen LogP) is 2.31. The van der Waals surface area contributed by atoms with Gasteiger partial charge in [-0.3, -0.25) is 14.4 Å². The van der Waals surface area contributed by atoms with Gasteiger partial charge in [0.25, 0.3) is 17.7 Å². The lowest BCUT2D eigenvalue weighted by Crippen LogP contribution is -2.34. The molecule has 0 fully saturated rings. The van der Waals surface area contributed by atoms with Crippen molar-refractivity contribution in [3.63, 3.8) is 0 Å². The first-order valence-electron chi connectivity index (χ1n) is 8.53. The van der Waals surface area contributed by atoms with Crippen molar-refractivity contribution in [1.82, 2.24) is 5.32 Å². The molecule has 28 heavy (non-hydrogen) atoms. The number of hydrogen-bond donors (Lipinski definition) is 1. The summed E-state index contributed by atoms with van der Waals surface area (Å²) in [6.45, 7) is 3.09. The molecule has 0 aliphatic carbocycles. The summed E-state index contributed by atoms with van der Waals surface area (Å²) in [6, 6.07) is 8.78. The molecule has 2 aromatic rings. The highest BCUT2D eigenvalue weighted by molar-refractivity contribution is 6.34. The molecule has 7 nitrogen and oxygen atoms in total. The first-order valence-corrected chi connectivity index (χ1v) is 8.53. The first-order chi connectivity index (χ1) is 13.3. The van der Waals surface area contributed by atoms with Gasteiger partial charge in [-0.25, -0.2) is 14.1 Å². The lowest BCUT2D eigenvalue weighted by atomic mass is 10.1. The van der Waals surface area contributed by atoms with Crippen molar-refractivity contribution in [1.29, 1.82) is 0 Å². The molecule has 2 aromatic carbocycles. The third-order valence-electron chi connectivity index (χ3n) is 3.99. The Balaban J connectivity index is 1.78. The summed E-state index contributed by atoms with van der Waals surface area (Å²) in [5.74, 6) is -2.92. The second-order valence-corrected chi connectivity index (χ2v) is 6.48. The average molecular weight is 384 g/mol. The number of anilines is 1. The van der Waals surface area contributed by atoms with Crippen LogP contribution in [-0.4, -0.2) is 36.3 Å². The number of benzene rings is 2. The van der Waals surface area contributed by atoms with Gasteiger partial charge in [0.2, 0.25) is 0 Å². The maximum atomic E-state index is 13.1. The Hall–Kier alpha value is -3.55. The second kappa shape index (κ2) is 7.59. The Labute approximate surface area is 160 Å². The van der Waals surface area contributed by atoms with E-state index in [0.29, 0.717) is 0 Å². The zero-order chi connectivity index (χ0) is 20.4. The molecule has 0 aromatic heterocycles. The highest BCUT2D eigenvalue weighted by Gasteiger charge is 2.37. The van der Waals surface area contributed by atoms with E-state index in [0.717, 1.165) is 17.0 Å². The summed E-state index contributed by atoms with van der Waals surface area (Å²) in [6.07, 6.45) is 0. The van der Waals surface area contributed by atoms with Crippen LogP contribution in [0.3, 0.4) is 0 Å². The SMILES string of the molecule is CC(C)NC(=O)COC(=O)c1ccc2c(c1)C(=O)N(c1ccc(F)cc1)C2=O. The number of amides is 3. The summed E-state index contributed by atoms with van der Waals surface area (Å²) in [5.41, 5.74) is 0.430. The fourth-order valence-electron chi connectivity index (χ4n) is 2.77. The van der Waals surface area contributed by atoms with Crippen LogP contribution in [-0.2, 0) is 9.53 Å². The van der Waals surface area contributed by atoms with Crippen LogP contribution in [0, 0.1) is 5.82 Å². The molecule has 1 aliphatic heterocycles. The highest BCUT2D eigenvalue weighted by Crippen LogP contribution is 2.29. The van der Waals surface area contributed by atoms with Crippen molar-refractivity contribution >= 4 is 29.4 Å². The van der Waals surface area contributed by atoms with Crippen molar-refractivity contribution in [2.75, 3.05) is 11.5 Å². The van der Waals surface area contributed by atoms with Gasteiger partial charge in [0.05, 0.1) is 22.4 Å². The van der Waals surface area contributed by atoms with E-state index in [1.807, 2.05) is 0 Å². The van der Waals surface area contributed by atoms with E-state index in [4.69, 9.17) is 4.74 Å². The van der Waals surface area contributed by atoms with E-state index in [1.54, 1.807) is 13.8 Å². The Bertz CT molecular complexity index is 969. The van der Waals surface area contributed by atoms with Crippen LogP contribution in [0.4, 0.5) is 10.1 Å². The molecule has 0 radical (unpaired) electrons. The molecule has 1 aliphatic rings. The number of fused-ring (bicyclic) bond motifs is 1. The highest BCUT2D eigenvalue weighted by atomic mass is 19.1. The van der Waals surface area contributed by atoms with Gasteiger partial charge in [0.1, 0.15) is 5.82 Å². The van der Waals surface area contributed by atoms with Gasteiger partial charge < -0.3 is 10.1 Å². The molecule has 0 spiro atoms. The van der Waals surface area contributed by atoms with E-state index in [-0.39, 0.29) is 28.4 Å². The van der Waals surface area contributed by atoms with Crippen LogP contribution in [0.5, 0.6) is 0 Å². The molecule has 0 saturated heterocycles. The van der Waals surface area contributed by atoms with Crippen LogP contribution in [0.25, 0.3) is 0 Å². The maximum absolute atomic E-state index is 13.1. The van der Waals surface area contributed by atoms with Gasteiger partial charge in [-0.1, -0.05) is 0 Å². The summed E-state index contributed by atoms with van der Waals surface area (Å²) in [4.78, 5) is 49.8. The van der Waals surface area contributed by atoms with Crippen LogP contribution >= 0.6 is 0 Å². The van der Waals surface area contributed by atoms with E-state index < -0.39 is 36.1 Å². The lowest BCUT2D eigenvalue weighted by molar-refractivity contribution is -0.124. The van der Waals surface area contributed by atoms with Crippen molar-refractivity contribution in [2.24, 2.45) is 0 Å². The minimum absolute atomic E-state index is 0.0374. The van der Waals surface area contributed by atoms with Gasteiger partial charge >= 0.3 is 5.97 Å². The number of nitrogens with zero attached hydrogens (tertiary/aromatic N) is 1. The molecule has 0 bridgehead atoms. The Kier molecular flexibility index (Phi) is 5.21. The average Bonchev–Trinajstić information content (AvgIpc) is 2.90. The number of halogens is 1. The van der Waals surface area contributed by atoms with Crippen molar-refractivity contribution < 1.29 is 28.3 Å². The monoisotopic (exact) mass is 384 g/mol. The molecule has 144 valence electrons. The molecule has 0 unspecified atom stereocenters. The smallest absolute Gasteiger partial charge is 0.338 e. The number of ether oxygens (including phenoxy) is 1. The largest absolute Gasteiger partial charge is 0.452 e. The third kappa shape index (κ3) is 3.75. The summed E-state index contributed by atoms with van der Waals surface area (Å²) < 4.78 is 18.0. The number of carbonyl (C=O) groups excluding carboxylic acids is 4. The number of imide groups is 1. The minimum atomic E-state index is -0.790. The van der Waals surface area contributed by atoms with E-state index in [1.165, 1.54) is 30.3 Å². The minimum Gasteiger partial charge on any atom is -0.452 e. The summed E-state index contributed by atoms with van der Waals surface area (Å²) in [7, 11) is 0. The number of carbonyl (C=O) groups is 4. The number of nitrogens with one attached hydrogen (secondary N) is 1. The quantitative estimate of drug-likeness (QED) is 0.631. The predicted molar refractivity (Wildman–Crippen MR) is 97.5 cm³/mol. The second-order valence-electron chi connectivity index (χ2n) is 6.48. The van der Waals surface area contributed by atoms with E-state index >= 15 is 0 Å². The van der Waals surface area contributed by atoms with Gasteiger partial charge in [0, 0.05) is 6.04 Å². The number of hydrogen-bond acceptors (Lipinski definition) is 5. The molecule has 0 atom stereocenters. The van der Waals surface area contributed by atoms with Crippen LogP contribution < -0.4 is 10.2 Å². The molecular formula is C20H17FN2O5. The molecule has 0 saturated carbocycles. The van der Waals surface area contributed by atoms with Crippen molar-refractivity contribution in [2.45, 2.75) is 19.9 Å². The van der Waals surface area contributed by atoms with E-state index in [9.17, 15) is 23.6 Å². The summed E-state index contributed by atoms with van der Waals surface area (Å²) >= 11 is 0. The maximum Gasteiger partial charge on any atom is 0.338 e. The van der Waals surface area contributed by atoms with Crippen LogP contribution in [0.2, 0.25) is 0 Å². The molecule has 8 heteroatoms. The Morgan fingerprint density at radius 2 is 1.68 bits per heavy atom. The molecule has 1 heterocycles. The normalized spacial score (nSPS) is 12.9. The van der Waals surface area contributed by atoms with Gasteiger partial charge in [-0.15, -0.1) is 0 Å². The number of esters is 1. The molecule has 3 rings (SSSR count). The first kappa shape index (κ1) is 19.2. The zero-order valence-corrected chi connectivity index (χ0v) is 15.2. The number of rotatable bonds is 5. The fraction of sp³-hybridized carbons (Fsp3) is 0.200. The Morgan fingerprint density at radius 1 is 1.04 bits per heavy atom. The van der Waals surface area contributed by atoms with Crippen LogP contribution in [0.15, 0.2) is 42.5 Å². The summed E-state index contributed by atoms with van der Waals surface area (Å²) in [5, 5.41) is 2.58. The van der Waals surface area contributed by atoms with Crippen LogP contribution in [0.1, 0.15) is 44.9 Å².